The van der Waals surface area contributed by atoms with Crippen LogP contribution >= 0.6 is 11.8 Å². The maximum atomic E-state index is 12.0. The molecule has 4 N–H and O–H groups in total. The highest BCUT2D eigenvalue weighted by Gasteiger charge is 2.11. The lowest BCUT2D eigenvalue weighted by atomic mass is 10.1. The summed E-state index contributed by atoms with van der Waals surface area (Å²) in [6.07, 6.45) is 0.779. The molecule has 0 saturated carbocycles. The summed E-state index contributed by atoms with van der Waals surface area (Å²) in [4.78, 5) is 12.0. The van der Waals surface area contributed by atoms with Gasteiger partial charge >= 0.3 is 0 Å². The van der Waals surface area contributed by atoms with Crippen molar-refractivity contribution in [3.63, 3.8) is 0 Å². The Hall–Kier alpha value is -1.40. The molecule has 1 amide bonds. The monoisotopic (exact) mass is 284 g/mol. The third kappa shape index (κ3) is 5.40. The van der Waals surface area contributed by atoms with E-state index < -0.39 is 0 Å². The molecule has 0 aliphatic heterocycles. The molecular weight excluding hydrogens is 264 g/mol. The van der Waals surface area contributed by atoms with Crippen LogP contribution in [0.15, 0.2) is 18.2 Å². The standard InChI is InChI=1S/C13H20N2O3S/c1-18-12-4-3-10(14)9-11(12)13(17)15-5-8-19-7-2-6-16/h3-4,9,16H,2,5-8,14H2,1H3,(H,15,17). The van der Waals surface area contributed by atoms with Crippen LogP contribution in [0.2, 0.25) is 0 Å². The highest BCUT2D eigenvalue weighted by Crippen LogP contribution is 2.20. The molecule has 1 rings (SSSR count). The molecule has 0 aliphatic rings. The molecule has 106 valence electrons. The molecule has 5 nitrogen and oxygen atoms in total. The summed E-state index contributed by atoms with van der Waals surface area (Å²) in [7, 11) is 1.52. The fourth-order valence-electron chi connectivity index (χ4n) is 1.50. The number of carbonyl (C=O) groups is 1. The Morgan fingerprint density at radius 2 is 2.26 bits per heavy atom. The summed E-state index contributed by atoms with van der Waals surface area (Å²) in [5, 5.41) is 11.5. The summed E-state index contributed by atoms with van der Waals surface area (Å²) in [6, 6.07) is 4.98. The van der Waals surface area contributed by atoms with Crippen LogP contribution < -0.4 is 15.8 Å². The first kappa shape index (κ1) is 15.7. The minimum atomic E-state index is -0.188. The number of aliphatic hydroxyl groups excluding tert-OH is 1. The van der Waals surface area contributed by atoms with Gasteiger partial charge in [-0.25, -0.2) is 0 Å². The molecule has 1 aromatic rings. The number of aliphatic hydroxyl groups is 1. The van der Waals surface area contributed by atoms with Crippen LogP contribution in [0.25, 0.3) is 0 Å². The lowest BCUT2D eigenvalue weighted by molar-refractivity contribution is 0.0953. The van der Waals surface area contributed by atoms with Crippen LogP contribution in [0, 0.1) is 0 Å². The number of amides is 1. The normalized spacial score (nSPS) is 10.2. The van der Waals surface area contributed by atoms with Gasteiger partial charge in [-0.1, -0.05) is 0 Å². The van der Waals surface area contributed by atoms with Crippen molar-refractivity contribution in [2.75, 3.05) is 37.5 Å². The van der Waals surface area contributed by atoms with Gasteiger partial charge in [-0.05, 0) is 30.4 Å². The summed E-state index contributed by atoms with van der Waals surface area (Å²) < 4.78 is 5.13. The number of carbonyl (C=O) groups excluding carboxylic acids is 1. The number of ether oxygens (including phenoxy) is 1. The van der Waals surface area contributed by atoms with E-state index in [4.69, 9.17) is 15.6 Å². The minimum Gasteiger partial charge on any atom is -0.496 e. The van der Waals surface area contributed by atoms with Gasteiger partial charge in [-0.15, -0.1) is 0 Å². The van der Waals surface area contributed by atoms with Crippen molar-refractivity contribution in [2.45, 2.75) is 6.42 Å². The van der Waals surface area contributed by atoms with E-state index in [1.807, 2.05) is 0 Å². The van der Waals surface area contributed by atoms with Crippen LogP contribution in [0.4, 0.5) is 5.69 Å². The van der Waals surface area contributed by atoms with Gasteiger partial charge in [-0.3, -0.25) is 4.79 Å². The summed E-state index contributed by atoms with van der Waals surface area (Å²) in [6.45, 7) is 0.784. The highest BCUT2D eigenvalue weighted by molar-refractivity contribution is 7.99. The molecule has 6 heteroatoms. The largest absolute Gasteiger partial charge is 0.496 e. The molecule has 0 bridgehead atoms. The van der Waals surface area contributed by atoms with Crippen LogP contribution in [0.1, 0.15) is 16.8 Å². The number of hydrogen-bond acceptors (Lipinski definition) is 5. The van der Waals surface area contributed by atoms with Gasteiger partial charge in [0, 0.05) is 24.6 Å². The maximum absolute atomic E-state index is 12.0. The van der Waals surface area contributed by atoms with E-state index in [9.17, 15) is 4.79 Å². The van der Waals surface area contributed by atoms with Crippen molar-refractivity contribution in [3.8, 4) is 5.75 Å². The number of thioether (sulfide) groups is 1. The van der Waals surface area contributed by atoms with E-state index >= 15 is 0 Å². The third-order valence-corrected chi connectivity index (χ3v) is 3.52. The molecule has 0 heterocycles. The zero-order chi connectivity index (χ0) is 14.1. The molecule has 0 atom stereocenters. The second-order valence-electron chi connectivity index (χ2n) is 3.91. The Balaban J connectivity index is 2.43. The molecule has 0 radical (unpaired) electrons. The van der Waals surface area contributed by atoms with Crippen molar-refractivity contribution in [2.24, 2.45) is 0 Å². The first-order valence-corrected chi connectivity index (χ1v) is 7.25. The average molecular weight is 284 g/mol. The molecule has 19 heavy (non-hydrogen) atoms. The number of rotatable bonds is 8. The van der Waals surface area contributed by atoms with E-state index in [1.54, 1.807) is 30.0 Å². The van der Waals surface area contributed by atoms with Gasteiger partial charge < -0.3 is 20.9 Å². The molecule has 0 aromatic heterocycles. The zero-order valence-electron chi connectivity index (χ0n) is 11.0. The first-order chi connectivity index (χ1) is 9.19. The third-order valence-electron chi connectivity index (χ3n) is 2.45. The lowest BCUT2D eigenvalue weighted by Gasteiger charge is -2.10. The Labute approximate surface area is 117 Å². The predicted octanol–water partition coefficient (Wildman–Crippen LogP) is 1.12. The fourth-order valence-corrected chi connectivity index (χ4v) is 2.29. The minimum absolute atomic E-state index is 0.188. The van der Waals surface area contributed by atoms with Crippen LogP contribution in [-0.4, -0.2) is 42.8 Å². The Kier molecular flexibility index (Phi) is 7.14. The molecule has 0 spiro atoms. The molecule has 0 fully saturated rings. The van der Waals surface area contributed by atoms with Gasteiger partial charge in [0.25, 0.3) is 5.91 Å². The number of nitrogens with two attached hydrogens (primary N) is 1. The van der Waals surface area contributed by atoms with Crippen molar-refractivity contribution >= 4 is 23.4 Å². The van der Waals surface area contributed by atoms with E-state index in [0.717, 1.165) is 17.9 Å². The van der Waals surface area contributed by atoms with Crippen molar-refractivity contribution in [1.82, 2.24) is 5.32 Å². The van der Waals surface area contributed by atoms with Gasteiger partial charge in [-0.2, -0.15) is 11.8 Å². The van der Waals surface area contributed by atoms with Gasteiger partial charge in [0.05, 0.1) is 12.7 Å². The fraction of sp³-hybridized carbons (Fsp3) is 0.462. The van der Waals surface area contributed by atoms with E-state index in [2.05, 4.69) is 5.32 Å². The van der Waals surface area contributed by atoms with Crippen molar-refractivity contribution in [1.29, 1.82) is 0 Å². The maximum Gasteiger partial charge on any atom is 0.255 e. The van der Waals surface area contributed by atoms with E-state index in [1.165, 1.54) is 7.11 Å². The van der Waals surface area contributed by atoms with Crippen molar-refractivity contribution in [3.05, 3.63) is 23.8 Å². The first-order valence-electron chi connectivity index (χ1n) is 6.09. The molecule has 0 saturated heterocycles. The summed E-state index contributed by atoms with van der Waals surface area (Å²) in [5.74, 6) is 2.04. The van der Waals surface area contributed by atoms with Crippen molar-refractivity contribution < 1.29 is 14.6 Å². The van der Waals surface area contributed by atoms with Crippen LogP contribution in [-0.2, 0) is 0 Å². The number of benzene rings is 1. The van der Waals surface area contributed by atoms with Crippen LogP contribution in [0.5, 0.6) is 5.75 Å². The van der Waals surface area contributed by atoms with Gasteiger partial charge in [0.1, 0.15) is 5.75 Å². The number of anilines is 1. The number of nitrogen functional groups attached to an aromatic ring is 1. The number of methoxy groups -OCH3 is 1. The molecule has 0 unspecified atom stereocenters. The number of nitrogens with one attached hydrogen (secondary N) is 1. The Morgan fingerprint density at radius 1 is 1.47 bits per heavy atom. The van der Waals surface area contributed by atoms with Crippen LogP contribution in [0.3, 0.4) is 0 Å². The molecular formula is C13H20N2O3S. The Bertz CT molecular complexity index is 413. The quantitative estimate of drug-likeness (QED) is 0.492. The average Bonchev–Trinajstić information content (AvgIpc) is 2.42. The SMILES string of the molecule is COc1ccc(N)cc1C(=O)NCCSCCCO. The molecule has 0 aliphatic carbocycles. The highest BCUT2D eigenvalue weighted by atomic mass is 32.2. The zero-order valence-corrected chi connectivity index (χ0v) is 11.8. The predicted molar refractivity (Wildman–Crippen MR) is 78.8 cm³/mol. The Morgan fingerprint density at radius 3 is 2.95 bits per heavy atom. The summed E-state index contributed by atoms with van der Waals surface area (Å²) in [5.41, 5.74) is 6.64. The second-order valence-corrected chi connectivity index (χ2v) is 5.13. The smallest absolute Gasteiger partial charge is 0.255 e. The lowest BCUT2D eigenvalue weighted by Crippen LogP contribution is -2.26. The van der Waals surface area contributed by atoms with Gasteiger partial charge in [0.15, 0.2) is 0 Å². The topological polar surface area (TPSA) is 84.6 Å². The summed E-state index contributed by atoms with van der Waals surface area (Å²) >= 11 is 1.70. The second kappa shape index (κ2) is 8.66. The number of hydrogen-bond donors (Lipinski definition) is 3. The van der Waals surface area contributed by atoms with E-state index in [0.29, 0.717) is 23.5 Å². The molecule has 1 aromatic carbocycles. The van der Waals surface area contributed by atoms with E-state index in [-0.39, 0.29) is 12.5 Å². The van der Waals surface area contributed by atoms with Gasteiger partial charge in [0.2, 0.25) is 0 Å².